The first-order valence-electron chi connectivity index (χ1n) is 4.65. The lowest BCUT2D eigenvalue weighted by molar-refractivity contribution is 0.686. The van der Waals surface area contributed by atoms with Crippen molar-refractivity contribution in [2.24, 2.45) is 5.73 Å². The van der Waals surface area contributed by atoms with Crippen molar-refractivity contribution >= 4 is 28.9 Å². The standard InChI is InChI=1S/C10H12Cl2N2/c11-7-3-8-6(1-2-13)5-14-10(8)9(12)4-7/h3-4,6,14H,1-2,5,13H2. The van der Waals surface area contributed by atoms with Crippen LogP contribution in [0.5, 0.6) is 0 Å². The van der Waals surface area contributed by atoms with E-state index in [1.165, 1.54) is 5.56 Å². The number of hydrogen-bond acceptors (Lipinski definition) is 2. The Hall–Kier alpha value is -0.440. The molecule has 4 heteroatoms. The van der Waals surface area contributed by atoms with Gasteiger partial charge in [-0.15, -0.1) is 0 Å². The molecule has 0 saturated heterocycles. The van der Waals surface area contributed by atoms with Crippen LogP contribution in [0, 0.1) is 0 Å². The normalized spacial score (nSPS) is 19.2. The molecule has 0 fully saturated rings. The van der Waals surface area contributed by atoms with Crippen molar-refractivity contribution in [1.29, 1.82) is 0 Å². The molecule has 0 saturated carbocycles. The van der Waals surface area contributed by atoms with E-state index in [1.807, 2.05) is 6.07 Å². The molecule has 1 unspecified atom stereocenters. The molecule has 0 radical (unpaired) electrons. The first-order chi connectivity index (χ1) is 6.72. The smallest absolute Gasteiger partial charge is 0.0655 e. The highest BCUT2D eigenvalue weighted by Crippen LogP contribution is 2.40. The van der Waals surface area contributed by atoms with Crippen LogP contribution in [0.15, 0.2) is 12.1 Å². The van der Waals surface area contributed by atoms with Crippen molar-refractivity contribution < 1.29 is 0 Å². The van der Waals surface area contributed by atoms with Gasteiger partial charge in [-0.25, -0.2) is 0 Å². The highest BCUT2D eigenvalue weighted by atomic mass is 35.5. The molecule has 0 amide bonds. The molecule has 1 aromatic carbocycles. The molecule has 0 aliphatic carbocycles. The predicted molar refractivity (Wildman–Crippen MR) is 61.4 cm³/mol. The zero-order chi connectivity index (χ0) is 10.1. The molecular formula is C10H12Cl2N2. The van der Waals surface area contributed by atoms with E-state index in [4.69, 9.17) is 28.9 Å². The number of hydrogen-bond donors (Lipinski definition) is 2. The molecule has 3 N–H and O–H groups in total. The summed E-state index contributed by atoms with van der Waals surface area (Å²) in [7, 11) is 0. The number of anilines is 1. The van der Waals surface area contributed by atoms with Gasteiger partial charge >= 0.3 is 0 Å². The minimum absolute atomic E-state index is 0.450. The summed E-state index contributed by atoms with van der Waals surface area (Å²) in [5, 5.41) is 4.68. The van der Waals surface area contributed by atoms with Gasteiger partial charge in [0.15, 0.2) is 0 Å². The number of benzene rings is 1. The Balaban J connectivity index is 2.38. The van der Waals surface area contributed by atoms with Crippen LogP contribution in [0.25, 0.3) is 0 Å². The summed E-state index contributed by atoms with van der Waals surface area (Å²) >= 11 is 12.0. The molecule has 1 aliphatic rings. The fourth-order valence-electron chi connectivity index (χ4n) is 1.90. The molecule has 1 heterocycles. The van der Waals surface area contributed by atoms with E-state index < -0.39 is 0 Å². The SMILES string of the molecule is NCCC1CNc2c(Cl)cc(Cl)cc21. The number of nitrogens with one attached hydrogen (secondary N) is 1. The largest absolute Gasteiger partial charge is 0.383 e. The lowest BCUT2D eigenvalue weighted by Crippen LogP contribution is -2.08. The summed E-state index contributed by atoms with van der Waals surface area (Å²) in [5.74, 6) is 0.450. The van der Waals surface area contributed by atoms with Gasteiger partial charge in [0.1, 0.15) is 0 Å². The number of fused-ring (bicyclic) bond motifs is 1. The Morgan fingerprint density at radius 2 is 2.21 bits per heavy atom. The summed E-state index contributed by atoms with van der Waals surface area (Å²) < 4.78 is 0. The minimum Gasteiger partial charge on any atom is -0.383 e. The number of nitrogens with two attached hydrogens (primary N) is 1. The van der Waals surface area contributed by atoms with Crippen LogP contribution in [0.3, 0.4) is 0 Å². The summed E-state index contributed by atoms with van der Waals surface area (Å²) in [6.45, 7) is 1.60. The van der Waals surface area contributed by atoms with Crippen LogP contribution >= 0.6 is 23.2 Å². The van der Waals surface area contributed by atoms with Gasteiger partial charge < -0.3 is 11.1 Å². The van der Waals surface area contributed by atoms with Crippen LogP contribution < -0.4 is 11.1 Å². The third-order valence-electron chi connectivity index (χ3n) is 2.57. The third-order valence-corrected chi connectivity index (χ3v) is 3.08. The Labute approximate surface area is 93.4 Å². The maximum atomic E-state index is 6.06. The zero-order valence-corrected chi connectivity index (χ0v) is 9.20. The second kappa shape index (κ2) is 3.97. The van der Waals surface area contributed by atoms with Gasteiger partial charge in [-0.05, 0) is 30.7 Å². The summed E-state index contributed by atoms with van der Waals surface area (Å²) in [6.07, 6.45) is 0.969. The van der Waals surface area contributed by atoms with Crippen LogP contribution in [0.1, 0.15) is 17.9 Å². The molecule has 0 bridgehead atoms. The summed E-state index contributed by atoms with van der Waals surface area (Å²) in [4.78, 5) is 0. The first kappa shape index (κ1) is 10.1. The maximum absolute atomic E-state index is 6.06. The van der Waals surface area contributed by atoms with Gasteiger partial charge in [-0.3, -0.25) is 0 Å². The van der Waals surface area contributed by atoms with Gasteiger partial charge in [0.05, 0.1) is 10.7 Å². The molecule has 76 valence electrons. The van der Waals surface area contributed by atoms with Crippen molar-refractivity contribution in [3.63, 3.8) is 0 Å². The van der Waals surface area contributed by atoms with E-state index in [1.54, 1.807) is 6.07 Å². The van der Waals surface area contributed by atoms with Crippen LogP contribution in [-0.4, -0.2) is 13.1 Å². The van der Waals surface area contributed by atoms with Crippen molar-refractivity contribution in [1.82, 2.24) is 0 Å². The monoisotopic (exact) mass is 230 g/mol. The summed E-state index contributed by atoms with van der Waals surface area (Å²) in [5.41, 5.74) is 7.77. The van der Waals surface area contributed by atoms with Crippen molar-refractivity contribution in [2.75, 3.05) is 18.4 Å². The molecule has 0 aromatic heterocycles. The molecular weight excluding hydrogens is 219 g/mol. The molecule has 1 aromatic rings. The molecule has 2 rings (SSSR count). The first-order valence-corrected chi connectivity index (χ1v) is 5.41. The lowest BCUT2D eigenvalue weighted by atomic mass is 9.98. The Bertz CT molecular complexity index is 352. The fourth-order valence-corrected chi connectivity index (χ4v) is 2.47. The maximum Gasteiger partial charge on any atom is 0.0655 e. The van der Waals surface area contributed by atoms with Gasteiger partial charge in [0.25, 0.3) is 0 Å². The van der Waals surface area contributed by atoms with E-state index in [0.717, 1.165) is 18.7 Å². The van der Waals surface area contributed by atoms with E-state index in [-0.39, 0.29) is 0 Å². The Kier molecular flexibility index (Phi) is 2.86. The molecule has 1 atom stereocenters. The average molecular weight is 231 g/mol. The predicted octanol–water partition coefficient (Wildman–Crippen LogP) is 2.85. The van der Waals surface area contributed by atoms with E-state index >= 15 is 0 Å². The van der Waals surface area contributed by atoms with Crippen molar-refractivity contribution in [2.45, 2.75) is 12.3 Å². The van der Waals surface area contributed by atoms with Gasteiger partial charge in [-0.1, -0.05) is 23.2 Å². The highest BCUT2D eigenvalue weighted by Gasteiger charge is 2.23. The third kappa shape index (κ3) is 1.70. The van der Waals surface area contributed by atoms with Gasteiger partial charge in [-0.2, -0.15) is 0 Å². The van der Waals surface area contributed by atoms with E-state index in [9.17, 15) is 0 Å². The molecule has 2 nitrogen and oxygen atoms in total. The van der Waals surface area contributed by atoms with Gasteiger partial charge in [0.2, 0.25) is 0 Å². The van der Waals surface area contributed by atoms with Crippen LogP contribution in [0.4, 0.5) is 5.69 Å². The number of halogens is 2. The quantitative estimate of drug-likeness (QED) is 0.821. The Morgan fingerprint density at radius 3 is 2.93 bits per heavy atom. The zero-order valence-electron chi connectivity index (χ0n) is 7.69. The topological polar surface area (TPSA) is 38.0 Å². The fraction of sp³-hybridized carbons (Fsp3) is 0.400. The Morgan fingerprint density at radius 1 is 1.43 bits per heavy atom. The van der Waals surface area contributed by atoms with Gasteiger partial charge in [0, 0.05) is 17.5 Å². The lowest BCUT2D eigenvalue weighted by Gasteiger charge is -2.08. The summed E-state index contributed by atoms with van der Waals surface area (Å²) in [6, 6.07) is 3.74. The second-order valence-corrected chi connectivity index (χ2v) is 4.35. The highest BCUT2D eigenvalue weighted by molar-refractivity contribution is 6.36. The number of rotatable bonds is 2. The molecule has 0 spiro atoms. The second-order valence-electron chi connectivity index (χ2n) is 3.51. The van der Waals surface area contributed by atoms with E-state index in [2.05, 4.69) is 5.32 Å². The van der Waals surface area contributed by atoms with Crippen molar-refractivity contribution in [3.8, 4) is 0 Å². The minimum atomic E-state index is 0.450. The van der Waals surface area contributed by atoms with Crippen molar-refractivity contribution in [3.05, 3.63) is 27.7 Å². The van der Waals surface area contributed by atoms with Crippen LogP contribution in [0.2, 0.25) is 10.0 Å². The molecule has 14 heavy (non-hydrogen) atoms. The van der Waals surface area contributed by atoms with E-state index in [0.29, 0.717) is 22.5 Å². The van der Waals surface area contributed by atoms with Crippen LogP contribution in [-0.2, 0) is 0 Å². The molecule has 1 aliphatic heterocycles. The average Bonchev–Trinajstić information content (AvgIpc) is 2.49.